The van der Waals surface area contributed by atoms with Gasteiger partial charge in [0.25, 0.3) is 0 Å². The van der Waals surface area contributed by atoms with E-state index in [1.165, 1.54) is 0 Å². The largest absolute Gasteiger partial charge is 0.497 e. The van der Waals surface area contributed by atoms with E-state index in [1.54, 1.807) is 14.2 Å². The Balaban J connectivity index is 2.32. The molecule has 0 saturated carbocycles. The number of anilines is 1. The van der Waals surface area contributed by atoms with E-state index in [2.05, 4.69) is 21.2 Å². The van der Waals surface area contributed by atoms with Gasteiger partial charge < -0.3 is 20.5 Å². The molecule has 0 amide bonds. The van der Waals surface area contributed by atoms with Gasteiger partial charge in [0.05, 0.1) is 20.3 Å². The Kier molecular flexibility index (Phi) is 5.47. The Morgan fingerprint density at radius 1 is 1.14 bits per heavy atom. The van der Waals surface area contributed by atoms with Crippen LogP contribution in [-0.4, -0.2) is 20.8 Å². The van der Waals surface area contributed by atoms with Crippen LogP contribution < -0.4 is 20.5 Å². The Labute approximate surface area is 133 Å². The van der Waals surface area contributed by atoms with Crippen molar-refractivity contribution in [2.45, 2.75) is 6.04 Å². The minimum Gasteiger partial charge on any atom is -0.497 e. The molecule has 2 rings (SSSR count). The molecule has 0 fully saturated rings. The maximum Gasteiger partial charge on any atom is 0.124 e. The first-order valence-corrected chi connectivity index (χ1v) is 7.41. The van der Waals surface area contributed by atoms with E-state index in [0.29, 0.717) is 6.54 Å². The summed E-state index contributed by atoms with van der Waals surface area (Å²) >= 11 is 3.47. The van der Waals surface area contributed by atoms with E-state index >= 15 is 0 Å². The molecule has 0 aliphatic carbocycles. The molecule has 0 spiro atoms. The number of hydrogen-bond donors (Lipinski definition) is 2. The van der Waals surface area contributed by atoms with Gasteiger partial charge in [-0.3, -0.25) is 0 Å². The fourth-order valence-corrected chi connectivity index (χ4v) is 2.55. The summed E-state index contributed by atoms with van der Waals surface area (Å²) in [5.41, 5.74) is 7.90. The summed E-state index contributed by atoms with van der Waals surface area (Å²) in [5, 5.41) is 3.42. The lowest BCUT2D eigenvalue weighted by Gasteiger charge is -2.21. The van der Waals surface area contributed by atoms with Gasteiger partial charge in [-0.2, -0.15) is 0 Å². The molecule has 0 aliphatic rings. The molecule has 0 aromatic heterocycles. The summed E-state index contributed by atoms with van der Waals surface area (Å²) in [6, 6.07) is 13.6. The Morgan fingerprint density at radius 3 is 2.57 bits per heavy atom. The molecular formula is C16H19BrN2O2. The van der Waals surface area contributed by atoms with Crippen molar-refractivity contribution < 1.29 is 9.47 Å². The van der Waals surface area contributed by atoms with Crippen molar-refractivity contribution in [1.82, 2.24) is 0 Å². The van der Waals surface area contributed by atoms with E-state index in [-0.39, 0.29) is 6.04 Å². The Bertz CT molecular complexity index is 605. The van der Waals surface area contributed by atoms with E-state index in [4.69, 9.17) is 15.2 Å². The number of nitrogens with one attached hydrogen (secondary N) is 1. The van der Waals surface area contributed by atoms with Gasteiger partial charge in [-0.15, -0.1) is 0 Å². The number of hydrogen-bond acceptors (Lipinski definition) is 4. The fraction of sp³-hybridized carbons (Fsp3) is 0.250. The zero-order valence-corrected chi connectivity index (χ0v) is 13.7. The molecule has 2 aromatic rings. The fourth-order valence-electron chi connectivity index (χ4n) is 2.15. The van der Waals surface area contributed by atoms with Crippen LogP contribution >= 0.6 is 15.9 Å². The maximum atomic E-state index is 5.94. The van der Waals surface area contributed by atoms with Gasteiger partial charge in [0.1, 0.15) is 11.5 Å². The number of ether oxygens (including phenoxy) is 2. The van der Waals surface area contributed by atoms with Crippen molar-refractivity contribution >= 4 is 21.6 Å². The zero-order valence-electron chi connectivity index (χ0n) is 12.1. The van der Waals surface area contributed by atoms with Crippen molar-refractivity contribution in [2.75, 3.05) is 26.1 Å². The van der Waals surface area contributed by atoms with E-state index < -0.39 is 0 Å². The van der Waals surface area contributed by atoms with Gasteiger partial charge in [0, 0.05) is 22.3 Å². The summed E-state index contributed by atoms with van der Waals surface area (Å²) in [6.45, 7) is 0.441. The number of halogens is 1. The predicted octanol–water partition coefficient (Wildman–Crippen LogP) is 3.58. The third kappa shape index (κ3) is 3.89. The lowest BCUT2D eigenvalue weighted by atomic mass is 10.0. The predicted molar refractivity (Wildman–Crippen MR) is 89.1 cm³/mol. The first kappa shape index (κ1) is 15.7. The smallest absolute Gasteiger partial charge is 0.124 e. The molecule has 112 valence electrons. The van der Waals surface area contributed by atoms with Crippen molar-refractivity contribution in [3.8, 4) is 11.5 Å². The molecule has 0 aliphatic heterocycles. The molecule has 0 radical (unpaired) electrons. The van der Waals surface area contributed by atoms with Crippen LogP contribution in [0.5, 0.6) is 11.5 Å². The highest BCUT2D eigenvalue weighted by molar-refractivity contribution is 9.10. The van der Waals surface area contributed by atoms with Crippen molar-refractivity contribution in [2.24, 2.45) is 5.73 Å². The van der Waals surface area contributed by atoms with Crippen LogP contribution in [-0.2, 0) is 0 Å². The van der Waals surface area contributed by atoms with E-state index in [1.807, 2.05) is 42.5 Å². The van der Waals surface area contributed by atoms with Gasteiger partial charge in [-0.25, -0.2) is 0 Å². The van der Waals surface area contributed by atoms with Crippen LogP contribution in [0.2, 0.25) is 0 Å². The molecule has 21 heavy (non-hydrogen) atoms. The lowest BCUT2D eigenvalue weighted by molar-refractivity contribution is 0.396. The van der Waals surface area contributed by atoms with E-state index in [9.17, 15) is 0 Å². The summed E-state index contributed by atoms with van der Waals surface area (Å²) in [4.78, 5) is 0. The van der Waals surface area contributed by atoms with Gasteiger partial charge in [-0.05, 0) is 36.4 Å². The summed E-state index contributed by atoms with van der Waals surface area (Å²) in [7, 11) is 3.29. The van der Waals surface area contributed by atoms with Gasteiger partial charge in [-0.1, -0.05) is 22.0 Å². The number of benzene rings is 2. The minimum atomic E-state index is -0.0654. The van der Waals surface area contributed by atoms with Crippen LogP contribution in [0.3, 0.4) is 0 Å². The van der Waals surface area contributed by atoms with Crippen molar-refractivity contribution in [1.29, 1.82) is 0 Å². The molecule has 0 heterocycles. The topological polar surface area (TPSA) is 56.5 Å². The normalized spacial score (nSPS) is 11.8. The molecule has 3 N–H and O–H groups in total. The molecule has 4 nitrogen and oxygen atoms in total. The van der Waals surface area contributed by atoms with Gasteiger partial charge in [0.2, 0.25) is 0 Å². The highest BCUT2D eigenvalue weighted by Crippen LogP contribution is 2.31. The molecule has 5 heteroatoms. The number of rotatable bonds is 6. The second kappa shape index (κ2) is 7.33. The second-order valence-electron chi connectivity index (χ2n) is 4.55. The van der Waals surface area contributed by atoms with Crippen LogP contribution in [0.25, 0.3) is 0 Å². The highest BCUT2D eigenvalue weighted by Gasteiger charge is 2.16. The third-order valence-corrected chi connectivity index (χ3v) is 3.71. The SMILES string of the molecule is COc1ccc(OC)c(C(CN)Nc2cccc(Br)c2)c1. The monoisotopic (exact) mass is 350 g/mol. The first-order valence-electron chi connectivity index (χ1n) is 6.62. The van der Waals surface area contributed by atoms with E-state index in [0.717, 1.165) is 27.2 Å². The third-order valence-electron chi connectivity index (χ3n) is 3.21. The number of nitrogens with two attached hydrogens (primary N) is 1. The summed E-state index contributed by atoms with van der Waals surface area (Å²) < 4.78 is 11.7. The van der Waals surface area contributed by atoms with Crippen LogP contribution in [0.4, 0.5) is 5.69 Å². The standard InChI is InChI=1S/C16H19BrN2O2/c1-20-13-6-7-16(21-2)14(9-13)15(10-18)19-12-5-3-4-11(17)8-12/h3-9,15,19H,10,18H2,1-2H3. The van der Waals surface area contributed by atoms with Crippen LogP contribution in [0.15, 0.2) is 46.9 Å². The molecular weight excluding hydrogens is 332 g/mol. The molecule has 1 atom stereocenters. The zero-order chi connectivity index (χ0) is 15.2. The molecule has 2 aromatic carbocycles. The minimum absolute atomic E-state index is 0.0654. The molecule has 1 unspecified atom stereocenters. The Morgan fingerprint density at radius 2 is 1.95 bits per heavy atom. The van der Waals surface area contributed by atoms with Crippen LogP contribution in [0, 0.1) is 0 Å². The van der Waals surface area contributed by atoms with Crippen molar-refractivity contribution in [3.63, 3.8) is 0 Å². The molecule has 0 saturated heterocycles. The highest BCUT2D eigenvalue weighted by atomic mass is 79.9. The molecule has 0 bridgehead atoms. The number of methoxy groups -OCH3 is 2. The van der Waals surface area contributed by atoms with Gasteiger partial charge in [0.15, 0.2) is 0 Å². The summed E-state index contributed by atoms with van der Waals surface area (Å²) in [6.07, 6.45) is 0. The Hall–Kier alpha value is -1.72. The van der Waals surface area contributed by atoms with Gasteiger partial charge >= 0.3 is 0 Å². The average Bonchev–Trinajstić information content (AvgIpc) is 2.52. The summed E-state index contributed by atoms with van der Waals surface area (Å²) in [5.74, 6) is 1.56. The van der Waals surface area contributed by atoms with Crippen LogP contribution in [0.1, 0.15) is 11.6 Å². The first-order chi connectivity index (χ1) is 10.2. The average molecular weight is 351 g/mol. The quantitative estimate of drug-likeness (QED) is 0.835. The maximum absolute atomic E-state index is 5.94. The van der Waals surface area contributed by atoms with Crippen molar-refractivity contribution in [3.05, 3.63) is 52.5 Å². The lowest BCUT2D eigenvalue weighted by Crippen LogP contribution is -2.21. The second-order valence-corrected chi connectivity index (χ2v) is 5.47.